The molecule has 0 saturated carbocycles. The van der Waals surface area contributed by atoms with E-state index in [1.54, 1.807) is 7.11 Å². The predicted molar refractivity (Wildman–Crippen MR) is 95.8 cm³/mol. The molecule has 0 aromatic heterocycles. The van der Waals surface area contributed by atoms with Gasteiger partial charge < -0.3 is 9.47 Å². The number of rotatable bonds is 3. The summed E-state index contributed by atoms with van der Waals surface area (Å²) in [5.41, 5.74) is 6.13. The van der Waals surface area contributed by atoms with Crippen LogP contribution in [0.1, 0.15) is 40.4 Å². The molecule has 24 heavy (non-hydrogen) atoms. The number of hydrogen-bond donors (Lipinski definition) is 0. The average Bonchev–Trinajstić information content (AvgIpc) is 2.61. The van der Waals surface area contributed by atoms with Crippen LogP contribution < -0.4 is 4.74 Å². The smallest absolute Gasteiger partial charge is 0.337 e. The number of aryl methyl sites for hydroxylation is 1. The molecule has 0 spiro atoms. The molecule has 0 unspecified atom stereocenters. The molecule has 3 nitrogen and oxygen atoms in total. The van der Waals surface area contributed by atoms with Gasteiger partial charge >= 0.3 is 5.97 Å². The van der Waals surface area contributed by atoms with E-state index in [9.17, 15) is 4.79 Å². The Labute approximate surface area is 146 Å². The highest BCUT2D eigenvalue weighted by Crippen LogP contribution is 2.40. The first kappa shape index (κ1) is 16.6. The number of benzene rings is 2. The molecule has 0 N–H and O–H groups in total. The van der Waals surface area contributed by atoms with Crippen molar-refractivity contribution in [2.24, 2.45) is 0 Å². The summed E-state index contributed by atoms with van der Waals surface area (Å²) in [6.07, 6.45) is 1.93. The predicted octanol–water partition coefficient (Wildman–Crippen LogP) is 4.90. The largest absolute Gasteiger partial charge is 0.497 e. The van der Waals surface area contributed by atoms with E-state index in [1.165, 1.54) is 18.2 Å². The zero-order chi connectivity index (χ0) is 17.3. The molecule has 0 saturated heterocycles. The quantitative estimate of drug-likeness (QED) is 0.744. The number of methoxy groups -OCH3 is 2. The van der Waals surface area contributed by atoms with E-state index in [0.29, 0.717) is 10.6 Å². The Morgan fingerprint density at radius 1 is 1.04 bits per heavy atom. The average molecular weight is 343 g/mol. The van der Waals surface area contributed by atoms with Crippen LogP contribution in [0.5, 0.6) is 5.75 Å². The van der Waals surface area contributed by atoms with Crippen LogP contribution in [-0.2, 0) is 11.2 Å². The van der Waals surface area contributed by atoms with Gasteiger partial charge in [-0.15, -0.1) is 0 Å². The molecular weight excluding hydrogens is 324 g/mol. The highest BCUT2D eigenvalue weighted by Gasteiger charge is 2.21. The summed E-state index contributed by atoms with van der Waals surface area (Å²) in [4.78, 5) is 11.9. The standard InChI is InChI=1S/C20H19ClO3/c1-12-4-5-13-6-7-14(20(22)24-3)10-17(13)19(12)16-9-8-15(23-2)11-18(16)21/h6-11H,4-5H2,1-3H3. The van der Waals surface area contributed by atoms with Gasteiger partial charge in [0.25, 0.3) is 0 Å². The molecule has 0 fully saturated rings. The lowest BCUT2D eigenvalue weighted by molar-refractivity contribution is 0.0600. The Hall–Kier alpha value is -2.26. The Balaban J connectivity index is 2.17. The number of esters is 1. The van der Waals surface area contributed by atoms with Gasteiger partial charge in [0.15, 0.2) is 0 Å². The lowest BCUT2D eigenvalue weighted by atomic mass is 9.82. The summed E-state index contributed by atoms with van der Waals surface area (Å²) in [6, 6.07) is 11.4. The van der Waals surface area contributed by atoms with Gasteiger partial charge in [-0.05, 0) is 66.8 Å². The van der Waals surface area contributed by atoms with Crippen LogP contribution in [0.25, 0.3) is 5.57 Å². The van der Waals surface area contributed by atoms with Crippen molar-refractivity contribution in [3.05, 3.63) is 69.2 Å². The number of allylic oxidation sites excluding steroid dienone is 1. The summed E-state index contributed by atoms with van der Waals surface area (Å²) < 4.78 is 10.1. The fourth-order valence-electron chi connectivity index (χ4n) is 3.15. The molecule has 1 aliphatic carbocycles. The summed E-state index contributed by atoms with van der Waals surface area (Å²) in [5.74, 6) is 0.391. The van der Waals surface area contributed by atoms with E-state index >= 15 is 0 Å². The zero-order valence-electron chi connectivity index (χ0n) is 14.0. The second-order valence-corrected chi connectivity index (χ2v) is 6.27. The summed E-state index contributed by atoms with van der Waals surface area (Å²) in [7, 11) is 3.01. The molecule has 0 aliphatic heterocycles. The minimum absolute atomic E-state index is 0.332. The van der Waals surface area contributed by atoms with Crippen molar-refractivity contribution in [2.45, 2.75) is 19.8 Å². The van der Waals surface area contributed by atoms with Gasteiger partial charge in [0, 0.05) is 5.56 Å². The van der Waals surface area contributed by atoms with Crippen molar-refractivity contribution < 1.29 is 14.3 Å². The maximum atomic E-state index is 11.9. The number of ether oxygens (including phenoxy) is 2. The lowest BCUT2D eigenvalue weighted by Crippen LogP contribution is -2.09. The summed E-state index contributed by atoms with van der Waals surface area (Å²) >= 11 is 6.50. The van der Waals surface area contributed by atoms with Crippen LogP contribution in [-0.4, -0.2) is 20.2 Å². The van der Waals surface area contributed by atoms with Gasteiger partial charge in [-0.2, -0.15) is 0 Å². The van der Waals surface area contributed by atoms with Crippen LogP contribution in [0.15, 0.2) is 42.0 Å². The van der Waals surface area contributed by atoms with Crippen molar-refractivity contribution in [3.63, 3.8) is 0 Å². The van der Waals surface area contributed by atoms with Gasteiger partial charge in [0.2, 0.25) is 0 Å². The molecule has 0 bridgehead atoms. The second kappa shape index (κ2) is 6.70. The van der Waals surface area contributed by atoms with E-state index in [-0.39, 0.29) is 5.97 Å². The minimum atomic E-state index is -0.332. The number of halogens is 1. The van der Waals surface area contributed by atoms with E-state index in [1.807, 2.05) is 36.4 Å². The van der Waals surface area contributed by atoms with E-state index in [2.05, 4.69) is 6.92 Å². The summed E-state index contributed by atoms with van der Waals surface area (Å²) in [6.45, 7) is 2.11. The molecule has 0 heterocycles. The molecule has 4 heteroatoms. The fourth-order valence-corrected chi connectivity index (χ4v) is 3.41. The number of hydrogen-bond acceptors (Lipinski definition) is 3. The minimum Gasteiger partial charge on any atom is -0.497 e. The van der Waals surface area contributed by atoms with Crippen molar-refractivity contribution >= 4 is 23.1 Å². The van der Waals surface area contributed by atoms with E-state index in [0.717, 1.165) is 35.3 Å². The van der Waals surface area contributed by atoms with Crippen LogP contribution >= 0.6 is 11.6 Å². The third-order valence-corrected chi connectivity index (χ3v) is 4.75. The molecule has 2 aromatic rings. The fraction of sp³-hybridized carbons (Fsp3) is 0.250. The van der Waals surface area contributed by atoms with Crippen molar-refractivity contribution in [3.8, 4) is 5.75 Å². The van der Waals surface area contributed by atoms with Crippen LogP contribution in [0, 0.1) is 0 Å². The Morgan fingerprint density at radius 2 is 1.83 bits per heavy atom. The van der Waals surface area contributed by atoms with Crippen molar-refractivity contribution in [1.82, 2.24) is 0 Å². The molecule has 0 atom stereocenters. The van der Waals surface area contributed by atoms with E-state index in [4.69, 9.17) is 21.1 Å². The second-order valence-electron chi connectivity index (χ2n) is 5.86. The van der Waals surface area contributed by atoms with Crippen molar-refractivity contribution in [1.29, 1.82) is 0 Å². The molecule has 3 rings (SSSR count). The third kappa shape index (κ3) is 2.92. The number of fused-ring (bicyclic) bond motifs is 1. The van der Waals surface area contributed by atoms with Crippen LogP contribution in [0.2, 0.25) is 5.02 Å². The first-order valence-corrected chi connectivity index (χ1v) is 8.18. The van der Waals surface area contributed by atoms with Crippen molar-refractivity contribution in [2.75, 3.05) is 14.2 Å². The molecule has 1 aliphatic rings. The molecule has 0 amide bonds. The van der Waals surface area contributed by atoms with Gasteiger partial charge in [-0.1, -0.05) is 23.2 Å². The van der Waals surface area contributed by atoms with Crippen LogP contribution in [0.4, 0.5) is 0 Å². The number of carbonyl (C=O) groups excluding carboxylic acids is 1. The highest BCUT2D eigenvalue weighted by molar-refractivity contribution is 6.32. The Morgan fingerprint density at radius 3 is 2.50 bits per heavy atom. The van der Waals surface area contributed by atoms with E-state index < -0.39 is 0 Å². The molecule has 124 valence electrons. The Bertz CT molecular complexity index is 837. The first-order chi connectivity index (χ1) is 11.5. The monoisotopic (exact) mass is 342 g/mol. The normalized spacial score (nSPS) is 13.5. The summed E-state index contributed by atoms with van der Waals surface area (Å²) in [5, 5.41) is 0.639. The van der Waals surface area contributed by atoms with Gasteiger partial charge in [-0.25, -0.2) is 4.79 Å². The van der Waals surface area contributed by atoms with Gasteiger partial charge in [0.05, 0.1) is 24.8 Å². The molecule has 0 radical (unpaired) electrons. The zero-order valence-corrected chi connectivity index (χ0v) is 14.7. The van der Waals surface area contributed by atoms with Crippen LogP contribution in [0.3, 0.4) is 0 Å². The highest BCUT2D eigenvalue weighted by atomic mass is 35.5. The maximum Gasteiger partial charge on any atom is 0.337 e. The SMILES string of the molecule is COC(=O)c1ccc2c(c1)C(c1ccc(OC)cc1Cl)=C(C)CC2. The lowest BCUT2D eigenvalue weighted by Gasteiger charge is -2.23. The first-order valence-electron chi connectivity index (χ1n) is 7.80. The molecular formula is C20H19ClO3. The van der Waals surface area contributed by atoms with Gasteiger partial charge in [-0.3, -0.25) is 0 Å². The van der Waals surface area contributed by atoms with Gasteiger partial charge in [0.1, 0.15) is 5.75 Å². The Kier molecular flexibility index (Phi) is 4.63. The molecule has 2 aromatic carbocycles. The maximum absolute atomic E-state index is 11.9. The topological polar surface area (TPSA) is 35.5 Å². The third-order valence-electron chi connectivity index (χ3n) is 4.44. The number of carbonyl (C=O) groups is 1.